The number of anilines is 1. The summed E-state index contributed by atoms with van der Waals surface area (Å²) in [4.78, 5) is 14.3. The third-order valence-corrected chi connectivity index (χ3v) is 7.83. The third kappa shape index (κ3) is 5.33. The summed E-state index contributed by atoms with van der Waals surface area (Å²) in [5, 5.41) is 2.68. The molecule has 168 valence electrons. The number of sulfonamides is 1. The van der Waals surface area contributed by atoms with Crippen LogP contribution >= 0.6 is 0 Å². The van der Waals surface area contributed by atoms with Gasteiger partial charge in [0, 0.05) is 25.3 Å². The number of hydrogen-bond donors (Lipinski definition) is 1. The van der Waals surface area contributed by atoms with E-state index in [-0.39, 0.29) is 17.9 Å². The highest BCUT2D eigenvalue weighted by Crippen LogP contribution is 2.33. The van der Waals surface area contributed by atoms with E-state index in [0.717, 1.165) is 19.3 Å². The number of piperidine rings is 2. The second kappa shape index (κ2) is 9.23. The smallest absolute Gasteiger partial charge is 0.325 e. The summed E-state index contributed by atoms with van der Waals surface area (Å²) < 4.78 is 65.9. The highest BCUT2D eigenvalue weighted by Gasteiger charge is 2.43. The number of nitrogens with one attached hydrogen (secondary N) is 1. The summed E-state index contributed by atoms with van der Waals surface area (Å²) in [7, 11) is -3.56. The number of carbonyl (C=O) groups is 1. The normalized spacial score (nSPS) is 23.1. The first kappa shape index (κ1) is 23.0. The summed E-state index contributed by atoms with van der Waals surface area (Å²) in [6, 6.07) is 5.20. The minimum Gasteiger partial charge on any atom is -0.325 e. The van der Waals surface area contributed by atoms with Gasteiger partial charge in [0.1, 0.15) is 0 Å². The van der Waals surface area contributed by atoms with Crippen molar-refractivity contribution in [3.63, 3.8) is 0 Å². The molecular formula is C20H28F3N3O3S. The summed E-state index contributed by atoms with van der Waals surface area (Å²) in [6.45, 7) is 2.85. The Morgan fingerprint density at radius 1 is 1.07 bits per heavy atom. The average Bonchev–Trinajstić information content (AvgIpc) is 2.73. The maximum Gasteiger partial charge on any atom is 0.393 e. The molecule has 2 heterocycles. The van der Waals surface area contributed by atoms with E-state index in [1.54, 1.807) is 11.8 Å². The van der Waals surface area contributed by atoms with E-state index in [1.165, 1.54) is 28.6 Å². The molecule has 2 aliphatic heterocycles. The minimum absolute atomic E-state index is 0.0846. The van der Waals surface area contributed by atoms with Gasteiger partial charge in [0.15, 0.2) is 0 Å². The van der Waals surface area contributed by atoms with Crippen molar-refractivity contribution in [1.82, 2.24) is 9.21 Å². The lowest BCUT2D eigenvalue weighted by molar-refractivity contribution is -0.188. The van der Waals surface area contributed by atoms with Gasteiger partial charge in [-0.3, -0.25) is 9.69 Å². The van der Waals surface area contributed by atoms with Gasteiger partial charge >= 0.3 is 6.18 Å². The number of likely N-dealkylation sites (tertiary alicyclic amines) is 1. The van der Waals surface area contributed by atoms with Crippen LogP contribution in [0.15, 0.2) is 29.2 Å². The van der Waals surface area contributed by atoms with Crippen LogP contribution in [0.4, 0.5) is 18.9 Å². The molecule has 0 bridgehead atoms. The molecule has 0 radical (unpaired) electrons. The van der Waals surface area contributed by atoms with Crippen molar-refractivity contribution in [3.8, 4) is 0 Å². The van der Waals surface area contributed by atoms with Crippen molar-refractivity contribution in [2.24, 2.45) is 5.92 Å². The maximum absolute atomic E-state index is 13.0. The van der Waals surface area contributed by atoms with Crippen molar-refractivity contribution in [3.05, 3.63) is 24.3 Å². The molecule has 0 aliphatic carbocycles. The Hall–Kier alpha value is -1.65. The number of benzene rings is 1. The van der Waals surface area contributed by atoms with Crippen LogP contribution in [0.3, 0.4) is 0 Å². The Labute approximate surface area is 175 Å². The predicted molar refractivity (Wildman–Crippen MR) is 107 cm³/mol. The minimum atomic E-state index is -4.26. The molecule has 2 atom stereocenters. The molecule has 1 amide bonds. The fraction of sp³-hybridized carbons (Fsp3) is 0.650. The molecule has 0 aromatic heterocycles. The zero-order valence-corrected chi connectivity index (χ0v) is 17.8. The molecule has 10 heteroatoms. The fourth-order valence-electron chi connectivity index (χ4n) is 4.00. The van der Waals surface area contributed by atoms with Crippen LogP contribution in [0.5, 0.6) is 0 Å². The number of hydrogen-bond acceptors (Lipinski definition) is 4. The SMILES string of the molecule is CC(C(=O)Nc1ccc(S(=O)(=O)N2CCCCC2)cc1)N1CCCC(C(F)(F)F)C1. The van der Waals surface area contributed by atoms with Gasteiger partial charge in [-0.15, -0.1) is 0 Å². The Morgan fingerprint density at radius 2 is 1.70 bits per heavy atom. The van der Waals surface area contributed by atoms with Crippen LogP contribution in [0, 0.1) is 5.92 Å². The predicted octanol–water partition coefficient (Wildman–Crippen LogP) is 3.46. The van der Waals surface area contributed by atoms with Gasteiger partial charge in [0.05, 0.1) is 16.9 Å². The molecule has 0 spiro atoms. The van der Waals surface area contributed by atoms with Gasteiger partial charge in [-0.2, -0.15) is 17.5 Å². The summed E-state index contributed by atoms with van der Waals surface area (Å²) in [5.41, 5.74) is 0.411. The molecular weight excluding hydrogens is 419 g/mol. The van der Waals surface area contributed by atoms with Crippen molar-refractivity contribution >= 4 is 21.6 Å². The van der Waals surface area contributed by atoms with Crippen LogP contribution in [-0.4, -0.2) is 61.9 Å². The summed E-state index contributed by atoms with van der Waals surface area (Å²) in [5.74, 6) is -1.83. The molecule has 1 aromatic carbocycles. The maximum atomic E-state index is 13.0. The third-order valence-electron chi connectivity index (χ3n) is 5.92. The quantitative estimate of drug-likeness (QED) is 0.751. The topological polar surface area (TPSA) is 69.7 Å². The molecule has 2 aliphatic rings. The lowest BCUT2D eigenvalue weighted by Gasteiger charge is -2.36. The van der Waals surface area contributed by atoms with Crippen molar-refractivity contribution < 1.29 is 26.4 Å². The Morgan fingerprint density at radius 3 is 2.30 bits per heavy atom. The van der Waals surface area contributed by atoms with Gasteiger partial charge in [0.25, 0.3) is 0 Å². The molecule has 6 nitrogen and oxygen atoms in total. The van der Waals surface area contributed by atoms with Crippen molar-refractivity contribution in [2.75, 3.05) is 31.5 Å². The Kier molecular flexibility index (Phi) is 7.09. The molecule has 3 rings (SSSR count). The largest absolute Gasteiger partial charge is 0.393 e. The lowest BCUT2D eigenvalue weighted by atomic mass is 9.96. The van der Waals surface area contributed by atoms with E-state index in [2.05, 4.69) is 5.32 Å². The first-order chi connectivity index (χ1) is 14.1. The van der Waals surface area contributed by atoms with Crippen LogP contribution in [0.25, 0.3) is 0 Å². The molecule has 1 aromatic rings. The van der Waals surface area contributed by atoms with Crippen LogP contribution < -0.4 is 5.32 Å². The van der Waals surface area contributed by atoms with E-state index in [4.69, 9.17) is 0 Å². The standard InChI is InChI=1S/C20H28F3N3O3S/c1-15(25-11-5-6-16(14-25)20(21,22)23)19(27)24-17-7-9-18(10-8-17)30(28,29)26-12-3-2-4-13-26/h7-10,15-16H,2-6,11-14H2,1H3,(H,24,27). The van der Waals surface area contributed by atoms with E-state index in [1.807, 2.05) is 0 Å². The second-order valence-corrected chi connectivity index (χ2v) is 9.97. The number of halogens is 3. The van der Waals surface area contributed by atoms with Gasteiger partial charge in [0.2, 0.25) is 15.9 Å². The first-order valence-electron chi connectivity index (χ1n) is 10.3. The van der Waals surface area contributed by atoms with E-state index in [9.17, 15) is 26.4 Å². The van der Waals surface area contributed by atoms with Crippen LogP contribution in [0.2, 0.25) is 0 Å². The molecule has 1 N–H and O–H groups in total. The molecule has 2 fully saturated rings. The number of carbonyl (C=O) groups excluding carboxylic acids is 1. The Bertz CT molecular complexity index is 837. The number of rotatable bonds is 5. The van der Waals surface area contributed by atoms with Crippen LogP contribution in [0.1, 0.15) is 39.0 Å². The van der Waals surface area contributed by atoms with E-state index < -0.39 is 34.1 Å². The number of amides is 1. The first-order valence-corrected chi connectivity index (χ1v) is 11.7. The number of alkyl halides is 3. The fourth-order valence-corrected chi connectivity index (χ4v) is 5.52. The molecule has 2 saturated heterocycles. The van der Waals surface area contributed by atoms with Gasteiger partial charge < -0.3 is 5.32 Å². The highest BCUT2D eigenvalue weighted by atomic mass is 32.2. The highest BCUT2D eigenvalue weighted by molar-refractivity contribution is 7.89. The van der Waals surface area contributed by atoms with E-state index >= 15 is 0 Å². The monoisotopic (exact) mass is 447 g/mol. The Balaban J connectivity index is 1.61. The molecule has 30 heavy (non-hydrogen) atoms. The zero-order valence-electron chi connectivity index (χ0n) is 17.0. The lowest BCUT2D eigenvalue weighted by Crippen LogP contribution is -2.49. The molecule has 0 saturated carbocycles. The summed E-state index contributed by atoms with van der Waals surface area (Å²) in [6.07, 6.45) is -1.07. The van der Waals surface area contributed by atoms with Gasteiger partial charge in [-0.05, 0) is 63.4 Å². The second-order valence-electron chi connectivity index (χ2n) is 8.03. The van der Waals surface area contributed by atoms with Gasteiger partial charge in [-0.25, -0.2) is 8.42 Å². The zero-order chi connectivity index (χ0) is 21.9. The van der Waals surface area contributed by atoms with Crippen LogP contribution in [-0.2, 0) is 14.8 Å². The number of nitrogens with zero attached hydrogens (tertiary/aromatic N) is 2. The van der Waals surface area contributed by atoms with E-state index in [0.29, 0.717) is 31.7 Å². The molecule has 2 unspecified atom stereocenters. The average molecular weight is 448 g/mol. The van der Waals surface area contributed by atoms with Crippen molar-refractivity contribution in [1.29, 1.82) is 0 Å². The van der Waals surface area contributed by atoms with Crippen molar-refractivity contribution in [2.45, 2.75) is 56.1 Å². The summed E-state index contributed by atoms with van der Waals surface area (Å²) >= 11 is 0. The van der Waals surface area contributed by atoms with Gasteiger partial charge in [-0.1, -0.05) is 6.42 Å².